The fourth-order valence-electron chi connectivity index (χ4n) is 1.50. The molecule has 0 atom stereocenters. The number of rotatable bonds is 4. The number of hydrogen-bond donors (Lipinski definition) is 1. The molecule has 1 aromatic heterocycles. The van der Waals surface area contributed by atoms with Gasteiger partial charge in [0.1, 0.15) is 0 Å². The fourth-order valence-corrected chi connectivity index (χ4v) is 2.58. The molecule has 1 aromatic carbocycles. The van der Waals surface area contributed by atoms with Crippen LogP contribution < -0.4 is 5.32 Å². The van der Waals surface area contributed by atoms with Crippen molar-refractivity contribution in [3.63, 3.8) is 0 Å². The number of carbonyl (C=O) groups is 2. The third-order valence-electron chi connectivity index (χ3n) is 2.50. The molecular weight excluding hydrogens is 335 g/mol. The van der Waals surface area contributed by atoms with Crippen molar-refractivity contribution in [3.8, 4) is 0 Å². The number of anilines is 1. The number of thiazole rings is 1. The predicted molar refractivity (Wildman–Crippen MR) is 82.2 cm³/mol. The number of nitrogens with zero attached hydrogens (tertiary/aromatic N) is 1. The number of nitrogens with one attached hydrogen (secondary N) is 1. The molecule has 1 N–H and O–H groups in total. The molecule has 0 aliphatic heterocycles. The topological polar surface area (TPSA) is 68.3 Å². The lowest BCUT2D eigenvalue weighted by atomic mass is 10.2. The summed E-state index contributed by atoms with van der Waals surface area (Å²) < 4.78 is 4.55. The second kappa shape index (κ2) is 6.89. The predicted octanol–water partition coefficient (Wildman–Crippen LogP) is 3.42. The minimum atomic E-state index is -0.415. The zero-order chi connectivity index (χ0) is 15.4. The molecule has 0 unspecified atom stereocenters. The van der Waals surface area contributed by atoms with Crippen LogP contribution in [0.5, 0.6) is 0 Å². The molecule has 0 fully saturated rings. The van der Waals surface area contributed by atoms with Crippen molar-refractivity contribution in [2.75, 3.05) is 12.4 Å². The van der Waals surface area contributed by atoms with Crippen LogP contribution in [-0.2, 0) is 16.0 Å². The first-order valence-corrected chi connectivity index (χ1v) is 7.41. The summed E-state index contributed by atoms with van der Waals surface area (Å²) in [7, 11) is 1.30. The molecule has 0 aliphatic carbocycles. The Bertz CT molecular complexity index is 688. The Balaban J connectivity index is 2.09. The molecule has 0 bridgehead atoms. The lowest BCUT2D eigenvalue weighted by Gasteiger charge is -2.04. The highest BCUT2D eigenvalue weighted by atomic mass is 35.5. The van der Waals surface area contributed by atoms with Crippen molar-refractivity contribution in [1.29, 1.82) is 0 Å². The summed E-state index contributed by atoms with van der Waals surface area (Å²) in [6.45, 7) is 0. The molecule has 8 heteroatoms. The number of benzene rings is 1. The highest BCUT2D eigenvalue weighted by Gasteiger charge is 2.14. The van der Waals surface area contributed by atoms with Crippen molar-refractivity contribution in [2.24, 2.45) is 0 Å². The van der Waals surface area contributed by atoms with Gasteiger partial charge in [-0.3, -0.25) is 14.9 Å². The van der Waals surface area contributed by atoms with Gasteiger partial charge < -0.3 is 4.74 Å². The van der Waals surface area contributed by atoms with E-state index in [1.807, 2.05) is 0 Å². The van der Waals surface area contributed by atoms with E-state index >= 15 is 0 Å². The van der Waals surface area contributed by atoms with Crippen LogP contribution in [0.15, 0.2) is 23.6 Å². The summed E-state index contributed by atoms with van der Waals surface area (Å²) in [5, 5.41) is 5.36. The SMILES string of the molecule is COC(=O)Cc1csc(NC(=O)c2cc(Cl)ccc2Cl)n1. The third-order valence-corrected chi connectivity index (χ3v) is 3.87. The Morgan fingerprint density at radius 3 is 2.86 bits per heavy atom. The van der Waals surface area contributed by atoms with E-state index in [-0.39, 0.29) is 12.0 Å². The Labute approximate surface area is 134 Å². The normalized spacial score (nSPS) is 10.2. The van der Waals surface area contributed by atoms with Gasteiger partial charge in [0.05, 0.1) is 29.8 Å². The van der Waals surface area contributed by atoms with Crippen molar-refractivity contribution in [2.45, 2.75) is 6.42 Å². The van der Waals surface area contributed by atoms with Crippen molar-refractivity contribution < 1.29 is 14.3 Å². The molecule has 110 valence electrons. The first-order valence-electron chi connectivity index (χ1n) is 5.77. The summed E-state index contributed by atoms with van der Waals surface area (Å²) in [4.78, 5) is 27.4. The van der Waals surface area contributed by atoms with Crippen LogP contribution in [0.25, 0.3) is 0 Å². The van der Waals surface area contributed by atoms with Crippen molar-refractivity contribution in [3.05, 3.63) is 44.9 Å². The van der Waals surface area contributed by atoms with Crippen LogP contribution in [0, 0.1) is 0 Å². The molecular formula is C13H10Cl2N2O3S. The van der Waals surface area contributed by atoms with Gasteiger partial charge in [-0.1, -0.05) is 23.2 Å². The van der Waals surface area contributed by atoms with Gasteiger partial charge in [-0.25, -0.2) is 4.98 Å². The minimum Gasteiger partial charge on any atom is -0.469 e. The summed E-state index contributed by atoms with van der Waals surface area (Å²) in [5.41, 5.74) is 0.785. The molecule has 5 nitrogen and oxygen atoms in total. The summed E-state index contributed by atoms with van der Waals surface area (Å²) in [6, 6.07) is 4.62. The van der Waals surface area contributed by atoms with Gasteiger partial charge >= 0.3 is 5.97 Å². The molecule has 2 rings (SSSR count). The Kier molecular flexibility index (Phi) is 5.17. The van der Waals surface area contributed by atoms with Gasteiger partial charge in [0.15, 0.2) is 5.13 Å². The minimum absolute atomic E-state index is 0.0563. The van der Waals surface area contributed by atoms with Crippen molar-refractivity contribution >= 4 is 51.5 Å². The molecule has 2 aromatic rings. The zero-order valence-electron chi connectivity index (χ0n) is 10.9. The lowest BCUT2D eigenvalue weighted by Crippen LogP contribution is -2.12. The Morgan fingerprint density at radius 1 is 1.38 bits per heavy atom. The lowest BCUT2D eigenvalue weighted by molar-refractivity contribution is -0.139. The van der Waals surface area contributed by atoms with Crippen LogP contribution in [-0.4, -0.2) is 24.0 Å². The van der Waals surface area contributed by atoms with E-state index < -0.39 is 11.9 Å². The summed E-state index contributed by atoms with van der Waals surface area (Å²) in [5.74, 6) is -0.808. The quantitative estimate of drug-likeness (QED) is 0.862. The van der Waals surface area contributed by atoms with Gasteiger partial charge in [0.25, 0.3) is 5.91 Å². The molecule has 1 amide bonds. The van der Waals surface area contributed by atoms with E-state index in [0.29, 0.717) is 20.9 Å². The molecule has 1 heterocycles. The van der Waals surface area contributed by atoms with Crippen molar-refractivity contribution in [1.82, 2.24) is 4.98 Å². The molecule has 0 saturated heterocycles. The van der Waals surface area contributed by atoms with Gasteiger partial charge in [0, 0.05) is 10.4 Å². The number of ether oxygens (including phenoxy) is 1. The van der Waals surface area contributed by atoms with E-state index in [4.69, 9.17) is 23.2 Å². The number of amides is 1. The zero-order valence-corrected chi connectivity index (χ0v) is 13.2. The summed E-state index contributed by atoms with van der Waals surface area (Å²) in [6.07, 6.45) is 0.0563. The van der Waals surface area contributed by atoms with E-state index in [9.17, 15) is 9.59 Å². The smallest absolute Gasteiger partial charge is 0.311 e. The maximum absolute atomic E-state index is 12.1. The van der Waals surface area contributed by atoms with E-state index in [1.165, 1.54) is 24.5 Å². The molecule has 0 radical (unpaired) electrons. The largest absolute Gasteiger partial charge is 0.469 e. The van der Waals surface area contributed by atoms with E-state index in [1.54, 1.807) is 17.5 Å². The maximum atomic E-state index is 12.1. The average Bonchev–Trinajstić information content (AvgIpc) is 2.88. The van der Waals surface area contributed by atoms with E-state index in [2.05, 4.69) is 15.0 Å². The Hall–Kier alpha value is -1.63. The summed E-state index contributed by atoms with van der Waals surface area (Å²) >= 11 is 13.0. The standard InChI is InChI=1S/C13H10Cl2N2O3S/c1-20-11(18)5-8-6-21-13(16-8)17-12(19)9-4-7(14)2-3-10(9)15/h2-4,6H,5H2,1H3,(H,16,17,19). The van der Waals surface area contributed by atoms with E-state index in [0.717, 1.165) is 0 Å². The van der Waals surface area contributed by atoms with Crippen LogP contribution in [0.2, 0.25) is 10.0 Å². The van der Waals surface area contributed by atoms with Crippen LogP contribution in [0.4, 0.5) is 5.13 Å². The van der Waals surface area contributed by atoms with Gasteiger partial charge in [0.2, 0.25) is 0 Å². The molecule has 21 heavy (non-hydrogen) atoms. The van der Waals surface area contributed by atoms with Gasteiger partial charge in [-0.15, -0.1) is 11.3 Å². The first kappa shape index (κ1) is 15.8. The third kappa shape index (κ3) is 4.17. The molecule has 0 spiro atoms. The Morgan fingerprint density at radius 2 is 2.14 bits per heavy atom. The second-order valence-electron chi connectivity index (χ2n) is 3.98. The highest BCUT2D eigenvalue weighted by molar-refractivity contribution is 7.14. The number of halogens is 2. The number of hydrogen-bond acceptors (Lipinski definition) is 5. The second-order valence-corrected chi connectivity index (χ2v) is 5.68. The molecule has 0 aliphatic rings. The fraction of sp³-hybridized carbons (Fsp3) is 0.154. The highest BCUT2D eigenvalue weighted by Crippen LogP contribution is 2.23. The number of methoxy groups -OCH3 is 1. The van der Waals surface area contributed by atoms with Crippen LogP contribution >= 0.6 is 34.5 Å². The molecule has 0 saturated carbocycles. The number of aromatic nitrogens is 1. The monoisotopic (exact) mass is 344 g/mol. The first-order chi connectivity index (χ1) is 9.99. The van der Waals surface area contributed by atoms with Gasteiger partial charge in [-0.05, 0) is 18.2 Å². The number of carbonyl (C=O) groups excluding carboxylic acids is 2. The maximum Gasteiger partial charge on any atom is 0.311 e. The van der Waals surface area contributed by atoms with Gasteiger partial charge in [-0.2, -0.15) is 0 Å². The van der Waals surface area contributed by atoms with Crippen LogP contribution in [0.1, 0.15) is 16.1 Å². The number of esters is 1. The van der Waals surface area contributed by atoms with Crippen LogP contribution in [0.3, 0.4) is 0 Å². The average molecular weight is 345 g/mol.